The zero-order chi connectivity index (χ0) is 21.5. The first kappa shape index (κ1) is 21.8. The molecule has 1 fully saturated rings. The van der Waals surface area contributed by atoms with E-state index in [-0.39, 0.29) is 30.8 Å². The number of halogens is 1. The molecule has 1 unspecified atom stereocenters. The minimum Gasteiger partial charge on any atom is -0.484 e. The van der Waals surface area contributed by atoms with Crippen LogP contribution in [0.5, 0.6) is 5.75 Å². The van der Waals surface area contributed by atoms with Crippen molar-refractivity contribution in [3.8, 4) is 5.75 Å². The van der Waals surface area contributed by atoms with Crippen molar-refractivity contribution in [1.82, 2.24) is 5.32 Å². The zero-order valence-corrected chi connectivity index (χ0v) is 18.1. The van der Waals surface area contributed by atoms with Gasteiger partial charge in [-0.1, -0.05) is 34.1 Å². The lowest BCUT2D eigenvalue weighted by atomic mass is 10.0. The Bertz CT molecular complexity index is 912. The first-order valence-corrected chi connectivity index (χ1v) is 10.4. The summed E-state index contributed by atoms with van der Waals surface area (Å²) in [5.74, 6) is -0.231. The summed E-state index contributed by atoms with van der Waals surface area (Å²) in [7, 11) is 1.31. The number of rotatable bonds is 9. The molecule has 8 heteroatoms. The lowest BCUT2D eigenvalue weighted by molar-refractivity contribution is -0.141. The number of anilines is 1. The van der Waals surface area contributed by atoms with Crippen molar-refractivity contribution >= 4 is 39.4 Å². The highest BCUT2D eigenvalue weighted by atomic mass is 79.9. The summed E-state index contributed by atoms with van der Waals surface area (Å²) < 4.78 is 11.2. The van der Waals surface area contributed by atoms with Crippen molar-refractivity contribution in [2.24, 2.45) is 5.92 Å². The van der Waals surface area contributed by atoms with Crippen molar-refractivity contribution < 1.29 is 23.9 Å². The Kier molecular flexibility index (Phi) is 7.46. The summed E-state index contributed by atoms with van der Waals surface area (Å²) in [5, 5.41) is 5.65. The Morgan fingerprint density at radius 2 is 1.87 bits per heavy atom. The number of hydrogen-bond acceptors (Lipinski definition) is 5. The van der Waals surface area contributed by atoms with E-state index >= 15 is 0 Å². The molecule has 0 aromatic heterocycles. The number of methoxy groups -OCH3 is 1. The van der Waals surface area contributed by atoms with E-state index in [1.54, 1.807) is 24.3 Å². The smallest absolute Gasteiger partial charge is 0.307 e. The van der Waals surface area contributed by atoms with Crippen LogP contribution in [0.1, 0.15) is 30.9 Å². The van der Waals surface area contributed by atoms with Crippen LogP contribution in [0.4, 0.5) is 5.69 Å². The van der Waals surface area contributed by atoms with E-state index in [0.717, 1.165) is 22.9 Å². The third-order valence-electron chi connectivity index (χ3n) is 4.63. The van der Waals surface area contributed by atoms with Crippen LogP contribution < -0.4 is 15.4 Å². The van der Waals surface area contributed by atoms with Gasteiger partial charge >= 0.3 is 5.97 Å². The van der Waals surface area contributed by atoms with E-state index in [4.69, 9.17) is 9.47 Å². The van der Waals surface area contributed by atoms with Gasteiger partial charge in [-0.15, -0.1) is 0 Å². The largest absolute Gasteiger partial charge is 0.484 e. The van der Waals surface area contributed by atoms with E-state index < -0.39 is 12.0 Å². The van der Waals surface area contributed by atoms with Crippen LogP contribution in [0, 0.1) is 5.92 Å². The van der Waals surface area contributed by atoms with E-state index in [2.05, 4.69) is 26.6 Å². The van der Waals surface area contributed by atoms with Gasteiger partial charge in [0.2, 0.25) is 5.91 Å². The van der Waals surface area contributed by atoms with Crippen LogP contribution in [0.25, 0.3) is 0 Å². The molecule has 1 atom stereocenters. The molecule has 0 saturated heterocycles. The van der Waals surface area contributed by atoms with Crippen LogP contribution >= 0.6 is 15.9 Å². The first-order valence-electron chi connectivity index (χ1n) is 9.60. The quantitative estimate of drug-likeness (QED) is 0.541. The topological polar surface area (TPSA) is 93.7 Å². The molecule has 2 N–H and O–H groups in total. The Balaban J connectivity index is 1.57. The molecule has 2 aromatic carbocycles. The number of esters is 1. The molecule has 1 aliphatic rings. The average molecular weight is 475 g/mol. The van der Waals surface area contributed by atoms with E-state index in [1.807, 2.05) is 24.3 Å². The van der Waals surface area contributed by atoms with Gasteiger partial charge in [-0.05, 0) is 42.7 Å². The number of carbonyl (C=O) groups is 3. The van der Waals surface area contributed by atoms with E-state index in [9.17, 15) is 14.4 Å². The second kappa shape index (κ2) is 10.2. The fourth-order valence-corrected chi connectivity index (χ4v) is 3.10. The van der Waals surface area contributed by atoms with Gasteiger partial charge in [0.05, 0.1) is 19.6 Å². The Hall–Kier alpha value is -2.87. The second-order valence-electron chi connectivity index (χ2n) is 7.03. The van der Waals surface area contributed by atoms with Gasteiger partial charge in [-0.25, -0.2) is 0 Å². The number of carbonyl (C=O) groups excluding carboxylic acids is 3. The molecule has 7 nitrogen and oxygen atoms in total. The molecular formula is C22H23BrN2O5. The maximum absolute atomic E-state index is 12.4. The molecule has 0 spiro atoms. The number of ether oxygens (including phenoxy) is 2. The van der Waals surface area contributed by atoms with Crippen molar-refractivity contribution in [2.45, 2.75) is 25.3 Å². The van der Waals surface area contributed by atoms with Crippen molar-refractivity contribution in [2.75, 3.05) is 19.0 Å². The summed E-state index contributed by atoms with van der Waals surface area (Å²) >= 11 is 3.37. The van der Waals surface area contributed by atoms with Crippen molar-refractivity contribution in [3.05, 3.63) is 58.6 Å². The zero-order valence-electron chi connectivity index (χ0n) is 16.5. The second-order valence-corrected chi connectivity index (χ2v) is 7.95. The lowest BCUT2D eigenvalue weighted by Crippen LogP contribution is -2.34. The molecule has 1 aliphatic carbocycles. The molecule has 30 heavy (non-hydrogen) atoms. The average Bonchev–Trinajstić information content (AvgIpc) is 3.58. The van der Waals surface area contributed by atoms with Crippen LogP contribution in [0.15, 0.2) is 53.0 Å². The first-order chi connectivity index (χ1) is 14.4. The number of amides is 2. The number of benzene rings is 2. The van der Waals surface area contributed by atoms with E-state index in [0.29, 0.717) is 11.4 Å². The SMILES string of the molecule is COC(=O)CC(NC(=O)COc1cccc(NC(=O)C2CC2)c1)c1ccc(Br)cc1. The molecule has 1 saturated carbocycles. The summed E-state index contributed by atoms with van der Waals surface area (Å²) in [6, 6.07) is 13.7. The number of nitrogens with one attached hydrogen (secondary N) is 2. The summed E-state index contributed by atoms with van der Waals surface area (Å²) in [4.78, 5) is 36.1. The molecule has 0 heterocycles. The number of hydrogen-bond donors (Lipinski definition) is 2. The van der Waals surface area contributed by atoms with Gasteiger partial charge in [0.15, 0.2) is 6.61 Å². The van der Waals surface area contributed by atoms with Crippen LogP contribution in [0.2, 0.25) is 0 Å². The third-order valence-corrected chi connectivity index (χ3v) is 5.15. The van der Waals surface area contributed by atoms with Crippen LogP contribution in [0.3, 0.4) is 0 Å². The highest BCUT2D eigenvalue weighted by Gasteiger charge is 2.29. The Morgan fingerprint density at radius 3 is 2.53 bits per heavy atom. The highest BCUT2D eigenvalue weighted by Crippen LogP contribution is 2.30. The Morgan fingerprint density at radius 1 is 1.13 bits per heavy atom. The van der Waals surface area contributed by atoms with Gasteiger partial charge < -0.3 is 20.1 Å². The molecular weight excluding hydrogens is 452 g/mol. The highest BCUT2D eigenvalue weighted by molar-refractivity contribution is 9.10. The molecule has 0 bridgehead atoms. The molecule has 0 radical (unpaired) electrons. The molecule has 2 amide bonds. The fourth-order valence-electron chi connectivity index (χ4n) is 2.84. The van der Waals surface area contributed by atoms with E-state index in [1.165, 1.54) is 7.11 Å². The van der Waals surface area contributed by atoms with Gasteiger partial charge in [0.1, 0.15) is 5.75 Å². The summed E-state index contributed by atoms with van der Waals surface area (Å²) in [6.07, 6.45) is 1.85. The summed E-state index contributed by atoms with van der Waals surface area (Å²) in [5.41, 5.74) is 1.41. The molecule has 158 valence electrons. The van der Waals surface area contributed by atoms with Crippen LogP contribution in [-0.2, 0) is 19.1 Å². The van der Waals surface area contributed by atoms with Gasteiger partial charge in [-0.2, -0.15) is 0 Å². The van der Waals surface area contributed by atoms with Gasteiger partial charge in [0.25, 0.3) is 5.91 Å². The lowest BCUT2D eigenvalue weighted by Gasteiger charge is -2.18. The monoisotopic (exact) mass is 474 g/mol. The van der Waals surface area contributed by atoms with Gasteiger partial charge in [-0.3, -0.25) is 14.4 Å². The maximum atomic E-state index is 12.4. The summed E-state index contributed by atoms with van der Waals surface area (Å²) in [6.45, 7) is -0.228. The maximum Gasteiger partial charge on any atom is 0.307 e. The standard InChI is InChI=1S/C22H23BrN2O5/c1-29-21(27)12-19(14-7-9-16(23)10-8-14)25-20(26)13-30-18-4-2-3-17(11-18)24-22(28)15-5-6-15/h2-4,7-11,15,19H,5-6,12-13H2,1H3,(H,24,28)(H,25,26). The predicted molar refractivity (Wildman–Crippen MR) is 115 cm³/mol. The molecule has 2 aromatic rings. The predicted octanol–water partition coefficient (Wildman–Crippen LogP) is 3.60. The molecule has 0 aliphatic heterocycles. The van der Waals surface area contributed by atoms with Crippen LogP contribution in [-0.4, -0.2) is 31.5 Å². The third kappa shape index (κ3) is 6.59. The van der Waals surface area contributed by atoms with Crippen molar-refractivity contribution in [3.63, 3.8) is 0 Å². The fraction of sp³-hybridized carbons (Fsp3) is 0.318. The minimum atomic E-state index is -0.536. The molecule has 3 rings (SSSR count). The van der Waals surface area contributed by atoms with Crippen molar-refractivity contribution in [1.29, 1.82) is 0 Å². The van der Waals surface area contributed by atoms with Gasteiger partial charge in [0, 0.05) is 22.1 Å². The normalized spacial score (nSPS) is 13.8. The minimum absolute atomic E-state index is 0.00467. The Labute approximate surface area is 183 Å².